The molecule has 18 heteroatoms. The Kier molecular flexibility index (Phi) is 20.0. The summed E-state index contributed by atoms with van der Waals surface area (Å²) in [6.07, 6.45) is 0. The fraction of sp³-hybridized carbons (Fsp3) is 0. The second-order valence-electron chi connectivity index (χ2n) is 10.3. The number of hydrogen-bond donors (Lipinski definition) is 0. The third-order valence-corrected chi connectivity index (χ3v) is 12.5. The van der Waals surface area contributed by atoms with E-state index in [9.17, 15) is 52.7 Å². The number of benzene rings is 3. The molecule has 0 saturated carbocycles. The van der Waals surface area contributed by atoms with E-state index in [0.29, 0.717) is 0 Å². The zero-order valence-electron chi connectivity index (χ0n) is 27.0. The van der Waals surface area contributed by atoms with Crippen LogP contribution in [-0.2, 0) is 0 Å². The lowest BCUT2D eigenvalue weighted by Crippen LogP contribution is -2.02. The van der Waals surface area contributed by atoms with E-state index in [2.05, 4.69) is 84.9 Å². The quantitative estimate of drug-likeness (QED) is 0.0614. The number of halogens is 18. The second-order valence-corrected chi connectivity index (χ2v) is 16.8. The Bertz CT molecular complexity index is 1800. The van der Waals surface area contributed by atoms with Gasteiger partial charge in [0.2, 0.25) is 0 Å². The van der Waals surface area contributed by atoms with Crippen molar-refractivity contribution in [3.05, 3.63) is 188 Å². The second kappa shape index (κ2) is 22.8. The van der Waals surface area contributed by atoms with Gasteiger partial charge in [0.1, 0.15) is 0 Å². The van der Waals surface area contributed by atoms with Crippen LogP contribution in [0.25, 0.3) is 22.3 Å². The first-order valence-electron chi connectivity index (χ1n) is 14.7. The van der Waals surface area contributed by atoms with Gasteiger partial charge in [0.15, 0.2) is 69.8 Å². The Morgan fingerprint density at radius 3 is 0.464 bits per heavy atom. The Morgan fingerprint density at radius 1 is 0.196 bits per heavy atom. The van der Waals surface area contributed by atoms with E-state index in [4.69, 9.17) is 0 Å². The molecule has 4 aliphatic rings. The van der Waals surface area contributed by atoms with Gasteiger partial charge in [-0.2, -0.15) is 0 Å². The molecule has 0 fully saturated rings. The van der Waals surface area contributed by atoms with Crippen molar-refractivity contribution in [2.24, 2.45) is 0 Å². The summed E-state index contributed by atoms with van der Waals surface area (Å²) in [6, 6.07) is 33.4. The summed E-state index contributed by atoms with van der Waals surface area (Å²) in [4.78, 5) is 0. The molecule has 3 aromatic rings. The first-order chi connectivity index (χ1) is 26.3. The summed E-state index contributed by atoms with van der Waals surface area (Å²) >= 11 is 7.22. The molecule has 0 spiro atoms. The van der Waals surface area contributed by atoms with Crippen molar-refractivity contribution in [1.29, 1.82) is 0 Å². The molecular formula is C38H16F12I6. The standard InChI is InChI=1S/2C10H8.3C6F4I2/c2*1-2-5-9-7-4-8-10(9)6-3-1;3*7-1-2(8)6(12)4(10)3(9)5(1)11/h2*1-8H;;;. The fourth-order valence-electron chi connectivity index (χ4n) is 4.00. The largest absolute Gasteiger partial charge is 0.202 e. The number of fused-ring (bicyclic) bond motifs is 2. The van der Waals surface area contributed by atoms with E-state index in [0.717, 1.165) is 0 Å². The van der Waals surface area contributed by atoms with Crippen LogP contribution in [0.4, 0.5) is 52.7 Å². The maximum Gasteiger partial charge on any atom is 0.176 e. The summed E-state index contributed by atoms with van der Waals surface area (Å²) in [5.41, 5.74) is 5.24. The van der Waals surface area contributed by atoms with Crippen molar-refractivity contribution >= 4 is 136 Å². The van der Waals surface area contributed by atoms with Crippen LogP contribution in [-0.4, -0.2) is 0 Å². The summed E-state index contributed by atoms with van der Waals surface area (Å²) < 4.78 is 148. The zero-order chi connectivity index (χ0) is 42.0. The van der Waals surface area contributed by atoms with Crippen molar-refractivity contribution in [3.63, 3.8) is 0 Å². The molecule has 0 heterocycles. The highest BCUT2D eigenvalue weighted by atomic mass is 127. The van der Waals surface area contributed by atoms with E-state index in [1.807, 2.05) is 12.1 Å². The normalized spacial score (nSPS) is 10.3. The van der Waals surface area contributed by atoms with Gasteiger partial charge < -0.3 is 0 Å². The van der Waals surface area contributed by atoms with Crippen LogP contribution in [0, 0.1) is 91.2 Å². The minimum atomic E-state index is -1.35. The SMILES string of the molecule is Fc1c(F)c(I)c(F)c(F)c1I.Fc1c(F)c(I)c(F)c(F)c1I.Fc1c(F)c(I)c(F)c(F)c1I.c1ccc2cccc-2cc1.c1ccc2cccc-2cc1. The molecule has 0 nitrogen and oxygen atoms in total. The highest BCUT2D eigenvalue weighted by molar-refractivity contribution is 14.1. The molecule has 3 aromatic carbocycles. The predicted molar refractivity (Wildman–Crippen MR) is 241 cm³/mol. The summed E-state index contributed by atoms with van der Waals surface area (Å²) in [5, 5.41) is 0. The molecule has 56 heavy (non-hydrogen) atoms. The van der Waals surface area contributed by atoms with Gasteiger partial charge in [-0.05, 0) is 158 Å². The van der Waals surface area contributed by atoms with Gasteiger partial charge >= 0.3 is 0 Å². The van der Waals surface area contributed by atoms with Gasteiger partial charge in [-0.3, -0.25) is 0 Å². The highest BCUT2D eigenvalue weighted by Crippen LogP contribution is 2.28. The maximum absolute atomic E-state index is 12.6. The first-order valence-corrected chi connectivity index (χ1v) is 21.2. The molecule has 294 valence electrons. The third-order valence-electron chi connectivity index (χ3n) is 6.79. The smallest absolute Gasteiger partial charge is 0.176 e. The highest BCUT2D eigenvalue weighted by Gasteiger charge is 2.24. The molecule has 0 aliphatic heterocycles. The van der Waals surface area contributed by atoms with Crippen LogP contribution in [0.15, 0.2) is 97.1 Å². The molecule has 4 aliphatic carbocycles. The number of rotatable bonds is 0. The lowest BCUT2D eigenvalue weighted by Gasteiger charge is -2.02. The lowest BCUT2D eigenvalue weighted by atomic mass is 10.2. The molecule has 0 aromatic heterocycles. The lowest BCUT2D eigenvalue weighted by molar-refractivity contribution is 0.437. The monoisotopic (exact) mass is 1460 g/mol. The van der Waals surface area contributed by atoms with Crippen LogP contribution in [0.5, 0.6) is 0 Å². The van der Waals surface area contributed by atoms with E-state index in [1.54, 1.807) is 0 Å². The summed E-state index contributed by atoms with van der Waals surface area (Å²) in [6.45, 7) is 0. The Labute approximate surface area is 393 Å². The molecule has 0 N–H and O–H groups in total. The summed E-state index contributed by atoms with van der Waals surface area (Å²) in [5.74, 6) is -16.2. The molecule has 0 unspecified atom stereocenters. The van der Waals surface area contributed by atoms with Crippen LogP contribution in [0.2, 0.25) is 0 Å². The minimum absolute atomic E-state index is 0.664. The van der Waals surface area contributed by atoms with Crippen LogP contribution in [0.3, 0.4) is 0 Å². The average molecular weight is 1460 g/mol. The Balaban J connectivity index is 0.000000188. The average Bonchev–Trinajstić information content (AvgIpc) is 3.72. The van der Waals surface area contributed by atoms with Gasteiger partial charge in [-0.15, -0.1) is 0 Å². The first kappa shape index (κ1) is 49.0. The molecule has 0 saturated heterocycles. The van der Waals surface area contributed by atoms with E-state index >= 15 is 0 Å². The van der Waals surface area contributed by atoms with Gasteiger partial charge in [0.25, 0.3) is 0 Å². The van der Waals surface area contributed by atoms with E-state index in [1.165, 1.54) is 158 Å². The van der Waals surface area contributed by atoms with Crippen molar-refractivity contribution in [1.82, 2.24) is 0 Å². The molecule has 0 bridgehead atoms. The zero-order valence-corrected chi connectivity index (χ0v) is 40.0. The van der Waals surface area contributed by atoms with Gasteiger partial charge in [0, 0.05) is 0 Å². The Morgan fingerprint density at radius 2 is 0.321 bits per heavy atom. The molecule has 0 atom stereocenters. The van der Waals surface area contributed by atoms with Crippen molar-refractivity contribution in [2.45, 2.75) is 0 Å². The van der Waals surface area contributed by atoms with E-state index in [-0.39, 0.29) is 0 Å². The van der Waals surface area contributed by atoms with Gasteiger partial charge in [-0.1, -0.05) is 97.1 Å². The Hall–Kier alpha value is -1.40. The molecule has 0 amide bonds. The van der Waals surface area contributed by atoms with Crippen LogP contribution < -0.4 is 0 Å². The molecular weight excluding hydrogens is 1450 g/mol. The molecule has 7 rings (SSSR count). The van der Waals surface area contributed by atoms with Crippen LogP contribution in [0.1, 0.15) is 0 Å². The van der Waals surface area contributed by atoms with Gasteiger partial charge in [0.05, 0.1) is 21.4 Å². The fourth-order valence-corrected chi connectivity index (χ4v) is 6.84. The third kappa shape index (κ3) is 12.3. The molecule has 0 radical (unpaired) electrons. The van der Waals surface area contributed by atoms with Crippen molar-refractivity contribution in [3.8, 4) is 22.3 Å². The minimum Gasteiger partial charge on any atom is -0.202 e. The van der Waals surface area contributed by atoms with Crippen molar-refractivity contribution < 1.29 is 52.7 Å². The van der Waals surface area contributed by atoms with Gasteiger partial charge in [-0.25, -0.2) is 52.7 Å². The maximum atomic E-state index is 12.6. The topological polar surface area (TPSA) is 0 Å². The predicted octanol–water partition coefficient (Wildman–Crippen LogP) is 15.9. The van der Waals surface area contributed by atoms with Crippen molar-refractivity contribution in [2.75, 3.05) is 0 Å². The summed E-state index contributed by atoms with van der Waals surface area (Å²) in [7, 11) is 0. The van der Waals surface area contributed by atoms with Crippen LogP contribution >= 0.6 is 136 Å². The van der Waals surface area contributed by atoms with E-state index < -0.39 is 91.2 Å². The number of hydrogen-bond acceptors (Lipinski definition) is 0.